The summed E-state index contributed by atoms with van der Waals surface area (Å²) in [6, 6.07) is 14.5. The first-order valence-electron chi connectivity index (χ1n) is 9.46. The molecule has 0 fully saturated rings. The van der Waals surface area contributed by atoms with Gasteiger partial charge in [0.1, 0.15) is 5.75 Å². The van der Waals surface area contributed by atoms with E-state index in [2.05, 4.69) is 20.9 Å². The fourth-order valence-electron chi connectivity index (χ4n) is 3.35. The Kier molecular flexibility index (Phi) is 5.36. The van der Waals surface area contributed by atoms with Crippen LogP contribution in [0.1, 0.15) is 22.8 Å². The Bertz CT molecular complexity index is 1450. The van der Waals surface area contributed by atoms with Gasteiger partial charge < -0.3 is 4.74 Å². The van der Waals surface area contributed by atoms with E-state index in [1.807, 2.05) is 24.3 Å². The van der Waals surface area contributed by atoms with Crippen LogP contribution in [-0.2, 0) is 20.6 Å². The van der Waals surface area contributed by atoms with E-state index in [4.69, 9.17) is 4.74 Å². The number of carbonyl (C=O) groups excluding carboxylic acids is 1. The van der Waals surface area contributed by atoms with Crippen LogP contribution < -0.4 is 16.0 Å². The van der Waals surface area contributed by atoms with Gasteiger partial charge >= 0.3 is 11.7 Å². The maximum atomic E-state index is 13.0. The molecule has 2 aromatic carbocycles. The number of imidazole rings is 1. The number of hydrogen-bond donors (Lipinski definition) is 0. The number of ketones is 1. The smallest absolute Gasteiger partial charge is 0.332 e. The van der Waals surface area contributed by atoms with E-state index in [0.717, 1.165) is 14.6 Å². The summed E-state index contributed by atoms with van der Waals surface area (Å²) < 4.78 is 10.9. The minimum Gasteiger partial charge on any atom is -0.425 e. The lowest BCUT2D eigenvalue weighted by molar-refractivity contribution is 0.101. The van der Waals surface area contributed by atoms with Gasteiger partial charge in [-0.1, -0.05) is 40.2 Å². The quantitative estimate of drug-likeness (QED) is 0.407. The third-order valence-corrected chi connectivity index (χ3v) is 5.49. The molecule has 0 saturated heterocycles. The molecule has 2 aromatic heterocycles. The number of carbonyl (C=O) groups is 1. The van der Waals surface area contributed by atoms with Crippen molar-refractivity contribution >= 4 is 32.9 Å². The Morgan fingerprint density at radius 2 is 1.81 bits per heavy atom. The third kappa shape index (κ3) is 3.84. The average Bonchev–Trinajstić information content (AvgIpc) is 3.09. The molecule has 31 heavy (non-hydrogen) atoms. The minimum absolute atomic E-state index is 0.0932. The van der Waals surface area contributed by atoms with Crippen LogP contribution in [0.3, 0.4) is 0 Å². The summed E-state index contributed by atoms with van der Waals surface area (Å²) >= 11 is 3.46. The molecule has 0 aliphatic heterocycles. The summed E-state index contributed by atoms with van der Waals surface area (Å²) in [5, 5.41) is 0. The first kappa shape index (κ1) is 20.8. The Balaban J connectivity index is 1.93. The van der Waals surface area contributed by atoms with Gasteiger partial charge in [-0.2, -0.15) is 4.98 Å². The molecular weight excluding hydrogens is 464 g/mol. The molecule has 0 radical (unpaired) electrons. The molecule has 0 spiro atoms. The van der Waals surface area contributed by atoms with Crippen LogP contribution >= 0.6 is 15.9 Å². The number of rotatable bonds is 5. The van der Waals surface area contributed by atoms with Gasteiger partial charge in [0.05, 0.1) is 6.54 Å². The minimum atomic E-state index is -0.477. The molecule has 4 rings (SSSR count). The van der Waals surface area contributed by atoms with Gasteiger partial charge in [-0.3, -0.25) is 23.3 Å². The van der Waals surface area contributed by atoms with Gasteiger partial charge in [0.15, 0.2) is 16.9 Å². The second-order valence-electron chi connectivity index (χ2n) is 7.17. The molecule has 9 heteroatoms. The molecular formula is C22H19BrN4O4. The Morgan fingerprint density at radius 3 is 2.52 bits per heavy atom. The van der Waals surface area contributed by atoms with Crippen molar-refractivity contribution in [2.24, 2.45) is 14.1 Å². The summed E-state index contributed by atoms with van der Waals surface area (Å²) in [6.07, 6.45) is 0. The van der Waals surface area contributed by atoms with E-state index >= 15 is 0 Å². The topological polar surface area (TPSA) is 88.1 Å². The van der Waals surface area contributed by atoms with Crippen molar-refractivity contribution < 1.29 is 9.53 Å². The molecule has 8 nitrogen and oxygen atoms in total. The molecule has 0 unspecified atom stereocenters. The first-order chi connectivity index (χ1) is 14.8. The van der Waals surface area contributed by atoms with Crippen LogP contribution in [0, 0.1) is 0 Å². The van der Waals surface area contributed by atoms with Crippen molar-refractivity contribution in [2.75, 3.05) is 0 Å². The van der Waals surface area contributed by atoms with Crippen LogP contribution in [-0.4, -0.2) is 24.5 Å². The van der Waals surface area contributed by atoms with Crippen molar-refractivity contribution in [1.29, 1.82) is 0 Å². The highest BCUT2D eigenvalue weighted by molar-refractivity contribution is 9.10. The SMILES string of the molecule is CC(=O)c1cccc(Oc2nc3c(c(=O)n(C)c(=O)n3C)n2Cc2cccc(Br)c2)c1. The average molecular weight is 483 g/mol. The number of ether oxygens (including phenoxy) is 1. The zero-order valence-corrected chi connectivity index (χ0v) is 18.7. The Morgan fingerprint density at radius 1 is 1.06 bits per heavy atom. The first-order valence-corrected chi connectivity index (χ1v) is 10.2. The van der Waals surface area contributed by atoms with Gasteiger partial charge in [0.2, 0.25) is 0 Å². The summed E-state index contributed by atoms with van der Waals surface area (Å²) in [5.41, 5.74) is 0.938. The molecule has 0 amide bonds. The normalized spacial score (nSPS) is 11.1. The second-order valence-corrected chi connectivity index (χ2v) is 8.09. The number of aryl methyl sites for hydroxylation is 1. The van der Waals surface area contributed by atoms with Gasteiger partial charge in [-0.05, 0) is 36.8 Å². The van der Waals surface area contributed by atoms with E-state index in [-0.39, 0.29) is 23.0 Å². The lowest BCUT2D eigenvalue weighted by Gasteiger charge is -2.11. The predicted octanol–water partition coefficient (Wildman–Crippen LogP) is 3.24. The van der Waals surface area contributed by atoms with E-state index in [1.54, 1.807) is 35.9 Å². The van der Waals surface area contributed by atoms with Gasteiger partial charge in [-0.25, -0.2) is 4.79 Å². The van der Waals surface area contributed by atoms with E-state index in [9.17, 15) is 14.4 Å². The molecule has 0 atom stereocenters. The molecule has 158 valence electrons. The number of nitrogens with zero attached hydrogens (tertiary/aromatic N) is 4. The maximum Gasteiger partial charge on any atom is 0.332 e. The third-order valence-electron chi connectivity index (χ3n) is 4.99. The van der Waals surface area contributed by atoms with Gasteiger partial charge in [0, 0.05) is 24.1 Å². The number of hydrogen-bond acceptors (Lipinski definition) is 5. The van der Waals surface area contributed by atoms with E-state index in [0.29, 0.717) is 17.9 Å². The Labute approximate surface area is 185 Å². The number of halogens is 1. The summed E-state index contributed by atoms with van der Waals surface area (Å²) in [7, 11) is 2.98. The summed E-state index contributed by atoms with van der Waals surface area (Å²) in [5.74, 6) is 0.310. The van der Waals surface area contributed by atoms with Gasteiger partial charge in [-0.15, -0.1) is 0 Å². The lowest BCUT2D eigenvalue weighted by Crippen LogP contribution is -2.37. The van der Waals surface area contributed by atoms with Crippen LogP contribution in [0.25, 0.3) is 11.2 Å². The predicted molar refractivity (Wildman–Crippen MR) is 120 cm³/mol. The van der Waals surface area contributed by atoms with Crippen LogP contribution in [0.4, 0.5) is 0 Å². The molecule has 0 aliphatic rings. The van der Waals surface area contributed by atoms with Crippen molar-refractivity contribution in [3.8, 4) is 11.8 Å². The number of Topliss-reactive ketones (excluding diaryl/α,β-unsaturated/α-hetero) is 1. The molecule has 0 N–H and O–H groups in total. The monoisotopic (exact) mass is 482 g/mol. The van der Waals surface area contributed by atoms with Crippen LogP contribution in [0.15, 0.2) is 62.6 Å². The Hall–Kier alpha value is -3.46. The number of aromatic nitrogens is 4. The molecule has 0 saturated carbocycles. The van der Waals surface area contributed by atoms with Crippen molar-refractivity contribution in [3.63, 3.8) is 0 Å². The fourth-order valence-corrected chi connectivity index (χ4v) is 3.80. The molecule has 4 aromatic rings. The lowest BCUT2D eigenvalue weighted by atomic mass is 10.1. The largest absolute Gasteiger partial charge is 0.425 e. The highest BCUT2D eigenvalue weighted by Gasteiger charge is 2.21. The standard InChI is InChI=1S/C22H19BrN4O4/c1-13(28)15-7-5-9-17(11-15)31-21-24-19-18(20(29)26(3)22(30)25(19)2)27(21)12-14-6-4-8-16(23)10-14/h4-11H,12H2,1-3H3. The number of fused-ring (bicyclic) bond motifs is 1. The zero-order valence-electron chi connectivity index (χ0n) is 17.1. The van der Waals surface area contributed by atoms with Gasteiger partial charge in [0.25, 0.3) is 5.56 Å². The highest BCUT2D eigenvalue weighted by Crippen LogP contribution is 2.26. The molecule has 2 heterocycles. The van der Waals surface area contributed by atoms with Crippen LogP contribution in [0.5, 0.6) is 11.8 Å². The van der Waals surface area contributed by atoms with Crippen molar-refractivity contribution in [2.45, 2.75) is 13.5 Å². The second kappa shape index (κ2) is 7.99. The van der Waals surface area contributed by atoms with Crippen molar-refractivity contribution in [3.05, 3.63) is 85.0 Å². The highest BCUT2D eigenvalue weighted by atomic mass is 79.9. The molecule has 0 aliphatic carbocycles. The van der Waals surface area contributed by atoms with E-state index in [1.165, 1.54) is 18.5 Å². The fraction of sp³-hybridized carbons (Fsp3) is 0.182. The van der Waals surface area contributed by atoms with E-state index < -0.39 is 11.2 Å². The summed E-state index contributed by atoms with van der Waals surface area (Å²) in [6.45, 7) is 1.77. The molecule has 0 bridgehead atoms. The van der Waals surface area contributed by atoms with Crippen molar-refractivity contribution in [1.82, 2.24) is 18.7 Å². The van der Waals surface area contributed by atoms with Crippen LogP contribution in [0.2, 0.25) is 0 Å². The summed E-state index contributed by atoms with van der Waals surface area (Å²) in [4.78, 5) is 41.6. The maximum absolute atomic E-state index is 13.0. The number of benzene rings is 2. The zero-order chi connectivity index (χ0) is 22.3.